The lowest BCUT2D eigenvalue weighted by molar-refractivity contribution is -0.153. The highest BCUT2D eigenvalue weighted by molar-refractivity contribution is 5.56. The van der Waals surface area contributed by atoms with Crippen LogP contribution < -0.4 is 10.1 Å². The monoisotopic (exact) mass is 302 g/mol. The number of halogens is 3. The normalized spacial score (nSPS) is 20.0. The van der Waals surface area contributed by atoms with Gasteiger partial charge in [0.15, 0.2) is 6.61 Å². The van der Waals surface area contributed by atoms with Crippen LogP contribution in [0.1, 0.15) is 20.3 Å². The second-order valence-electron chi connectivity index (χ2n) is 5.62. The Hall–Kier alpha value is -1.43. The van der Waals surface area contributed by atoms with Crippen molar-refractivity contribution in [2.45, 2.75) is 38.5 Å². The van der Waals surface area contributed by atoms with E-state index in [1.54, 1.807) is 24.3 Å². The van der Waals surface area contributed by atoms with E-state index in [1.165, 1.54) is 0 Å². The van der Waals surface area contributed by atoms with Crippen LogP contribution in [0.25, 0.3) is 0 Å². The molecule has 0 spiro atoms. The van der Waals surface area contributed by atoms with Crippen molar-refractivity contribution in [3.63, 3.8) is 0 Å². The first kappa shape index (κ1) is 15.9. The second kappa shape index (κ2) is 6.56. The number of anilines is 1. The highest BCUT2D eigenvalue weighted by Crippen LogP contribution is 2.28. The Balaban J connectivity index is 1.97. The van der Waals surface area contributed by atoms with Crippen LogP contribution in [0.2, 0.25) is 0 Å². The Labute approximate surface area is 123 Å². The predicted molar refractivity (Wildman–Crippen MR) is 76.7 cm³/mol. The first-order valence-electron chi connectivity index (χ1n) is 7.14. The summed E-state index contributed by atoms with van der Waals surface area (Å²) in [5, 5.41) is 3.30. The molecule has 1 atom stereocenters. The van der Waals surface area contributed by atoms with E-state index in [9.17, 15) is 13.2 Å². The summed E-state index contributed by atoms with van der Waals surface area (Å²) in [6.07, 6.45) is -3.35. The molecule has 0 aromatic heterocycles. The molecular weight excluding hydrogens is 281 g/mol. The van der Waals surface area contributed by atoms with Crippen molar-refractivity contribution < 1.29 is 17.9 Å². The van der Waals surface area contributed by atoms with Gasteiger partial charge in [-0.15, -0.1) is 0 Å². The third kappa shape index (κ3) is 4.81. The lowest BCUT2D eigenvalue weighted by atomic mass is 10.2. The minimum absolute atomic E-state index is 0.239. The summed E-state index contributed by atoms with van der Waals surface area (Å²) >= 11 is 0. The smallest absolute Gasteiger partial charge is 0.422 e. The van der Waals surface area contributed by atoms with Crippen LogP contribution in [0.15, 0.2) is 24.3 Å². The zero-order valence-electron chi connectivity index (χ0n) is 12.3. The van der Waals surface area contributed by atoms with Gasteiger partial charge in [0.2, 0.25) is 0 Å². The van der Waals surface area contributed by atoms with Crippen LogP contribution >= 0.6 is 0 Å². The van der Waals surface area contributed by atoms with Crippen molar-refractivity contribution in [3.8, 4) is 5.75 Å². The summed E-state index contributed by atoms with van der Waals surface area (Å²) in [6.45, 7) is 4.91. The minimum atomic E-state index is -4.32. The molecule has 1 unspecified atom stereocenters. The molecule has 1 aliphatic rings. The largest absolute Gasteiger partial charge is 0.482 e. The van der Waals surface area contributed by atoms with Crippen LogP contribution in [-0.4, -0.2) is 42.9 Å². The van der Waals surface area contributed by atoms with Crippen molar-refractivity contribution in [1.29, 1.82) is 0 Å². The van der Waals surface area contributed by atoms with Gasteiger partial charge < -0.3 is 10.1 Å². The molecule has 0 amide bonds. The van der Waals surface area contributed by atoms with Gasteiger partial charge in [-0.05, 0) is 32.4 Å². The zero-order valence-corrected chi connectivity index (χ0v) is 12.3. The second-order valence-corrected chi connectivity index (χ2v) is 5.62. The van der Waals surface area contributed by atoms with Crippen molar-refractivity contribution in [2.75, 3.05) is 25.0 Å². The fourth-order valence-electron chi connectivity index (χ4n) is 2.47. The summed E-state index contributed by atoms with van der Waals surface area (Å²) in [5.41, 5.74) is 0.623. The van der Waals surface area contributed by atoms with E-state index < -0.39 is 12.8 Å². The molecule has 0 aliphatic carbocycles. The number of nitrogens with one attached hydrogen (secondary N) is 1. The highest BCUT2D eigenvalue weighted by Gasteiger charge is 2.29. The molecule has 1 aromatic carbocycles. The molecule has 1 fully saturated rings. The number of likely N-dealkylation sites (tertiary alicyclic amines) is 1. The number of nitrogens with zero attached hydrogens (tertiary/aromatic N) is 1. The van der Waals surface area contributed by atoms with E-state index in [1.807, 2.05) is 0 Å². The van der Waals surface area contributed by atoms with Gasteiger partial charge >= 0.3 is 6.18 Å². The Kier molecular flexibility index (Phi) is 4.98. The van der Waals surface area contributed by atoms with Gasteiger partial charge in [0.1, 0.15) is 5.75 Å². The Morgan fingerprint density at radius 3 is 2.67 bits per heavy atom. The maximum Gasteiger partial charge on any atom is 0.422 e. The van der Waals surface area contributed by atoms with Gasteiger partial charge in [-0.2, -0.15) is 13.2 Å². The third-order valence-corrected chi connectivity index (χ3v) is 3.59. The molecule has 0 saturated carbocycles. The van der Waals surface area contributed by atoms with E-state index in [4.69, 9.17) is 4.74 Å². The van der Waals surface area contributed by atoms with Gasteiger partial charge in [0.05, 0.1) is 5.69 Å². The number of alkyl halides is 3. The predicted octanol–water partition coefficient (Wildman–Crippen LogP) is 3.52. The summed E-state index contributed by atoms with van der Waals surface area (Å²) in [5.74, 6) is 0.248. The van der Waals surface area contributed by atoms with Gasteiger partial charge in [-0.3, -0.25) is 4.90 Å². The first-order valence-corrected chi connectivity index (χ1v) is 7.14. The van der Waals surface area contributed by atoms with Crippen LogP contribution in [0, 0.1) is 0 Å². The summed E-state index contributed by atoms with van der Waals surface area (Å²) in [4.78, 5) is 2.34. The van der Waals surface area contributed by atoms with Crippen molar-refractivity contribution in [3.05, 3.63) is 24.3 Å². The number of benzene rings is 1. The molecule has 0 radical (unpaired) electrons. The van der Waals surface area contributed by atoms with Gasteiger partial charge in [0, 0.05) is 25.2 Å². The molecule has 1 N–H and O–H groups in total. The van der Waals surface area contributed by atoms with Crippen molar-refractivity contribution in [2.24, 2.45) is 0 Å². The lowest BCUT2D eigenvalue weighted by Gasteiger charge is -2.21. The van der Waals surface area contributed by atoms with Gasteiger partial charge in [0.25, 0.3) is 0 Å². The maximum absolute atomic E-state index is 12.3. The number of ether oxygens (including phenoxy) is 1. The van der Waals surface area contributed by atoms with E-state index in [2.05, 4.69) is 24.1 Å². The average molecular weight is 302 g/mol. The Morgan fingerprint density at radius 2 is 2.05 bits per heavy atom. The number of rotatable bonds is 5. The summed E-state index contributed by atoms with van der Waals surface area (Å²) < 4.78 is 41.7. The molecule has 1 aliphatic heterocycles. The summed E-state index contributed by atoms with van der Waals surface area (Å²) in [7, 11) is 0. The van der Waals surface area contributed by atoms with E-state index in [0.717, 1.165) is 19.5 Å². The molecule has 3 nitrogen and oxygen atoms in total. The topological polar surface area (TPSA) is 24.5 Å². The lowest BCUT2D eigenvalue weighted by Crippen LogP contribution is -2.31. The number of para-hydroxylation sites is 2. The maximum atomic E-state index is 12.3. The van der Waals surface area contributed by atoms with Crippen LogP contribution in [0.4, 0.5) is 18.9 Å². The van der Waals surface area contributed by atoms with Crippen LogP contribution in [-0.2, 0) is 0 Å². The standard InChI is InChI=1S/C15H21F3N2O/c1-11(2)20-8-7-12(9-20)19-13-5-3-4-6-14(13)21-10-15(16,17)18/h3-6,11-12,19H,7-10H2,1-2H3. The molecule has 1 heterocycles. The SMILES string of the molecule is CC(C)N1CCC(Nc2ccccc2OCC(F)(F)F)C1. The van der Waals surface area contributed by atoms with E-state index >= 15 is 0 Å². The van der Waals surface area contributed by atoms with Crippen molar-refractivity contribution in [1.82, 2.24) is 4.90 Å². The average Bonchev–Trinajstić information content (AvgIpc) is 2.85. The van der Waals surface area contributed by atoms with Gasteiger partial charge in [-0.1, -0.05) is 12.1 Å². The molecule has 2 rings (SSSR count). The fourth-order valence-corrected chi connectivity index (χ4v) is 2.47. The van der Waals surface area contributed by atoms with Crippen LogP contribution in [0.3, 0.4) is 0 Å². The highest BCUT2D eigenvalue weighted by atomic mass is 19.4. The third-order valence-electron chi connectivity index (χ3n) is 3.59. The fraction of sp³-hybridized carbons (Fsp3) is 0.600. The molecule has 21 heavy (non-hydrogen) atoms. The van der Waals surface area contributed by atoms with Crippen LogP contribution in [0.5, 0.6) is 5.75 Å². The molecular formula is C15H21F3N2O. The molecule has 1 aromatic rings. The van der Waals surface area contributed by atoms with Crippen molar-refractivity contribution >= 4 is 5.69 Å². The first-order chi connectivity index (χ1) is 9.85. The summed E-state index contributed by atoms with van der Waals surface area (Å²) in [6, 6.07) is 7.49. The van der Waals surface area contributed by atoms with E-state index in [-0.39, 0.29) is 11.8 Å². The van der Waals surface area contributed by atoms with Gasteiger partial charge in [-0.25, -0.2) is 0 Å². The number of hydrogen-bond acceptors (Lipinski definition) is 3. The quantitative estimate of drug-likeness (QED) is 0.900. The molecule has 6 heteroatoms. The molecule has 1 saturated heterocycles. The zero-order chi connectivity index (χ0) is 15.5. The molecule has 0 bridgehead atoms. The molecule has 118 valence electrons. The van der Waals surface area contributed by atoms with E-state index in [0.29, 0.717) is 11.7 Å². The number of hydrogen-bond donors (Lipinski definition) is 1. The Bertz CT molecular complexity index is 462. The minimum Gasteiger partial charge on any atom is -0.482 e. The Morgan fingerprint density at radius 1 is 1.33 bits per heavy atom.